The predicted molar refractivity (Wildman–Crippen MR) is 135 cm³/mol. The molecule has 0 fully saturated rings. The summed E-state index contributed by atoms with van der Waals surface area (Å²) in [6, 6.07) is 15.6. The van der Waals surface area contributed by atoms with Crippen molar-refractivity contribution in [2.45, 2.75) is 24.5 Å². The lowest BCUT2D eigenvalue weighted by atomic mass is 10.1. The van der Waals surface area contributed by atoms with E-state index < -0.39 is 10.0 Å². The van der Waals surface area contributed by atoms with Crippen LogP contribution < -0.4 is 19.9 Å². The molecule has 10 heteroatoms. The largest absolute Gasteiger partial charge is 0.493 e. The van der Waals surface area contributed by atoms with E-state index in [1.807, 2.05) is 12.1 Å². The number of ether oxygens (including phenoxy) is 2. The molecule has 3 rings (SSSR count). The highest BCUT2D eigenvalue weighted by Gasteiger charge is 2.13. The van der Waals surface area contributed by atoms with Crippen molar-refractivity contribution in [1.29, 1.82) is 0 Å². The molecule has 3 aromatic carbocycles. The molecule has 0 spiro atoms. The molecule has 3 N–H and O–H groups in total. The van der Waals surface area contributed by atoms with Crippen molar-refractivity contribution in [2.24, 2.45) is 5.14 Å². The molecular formula is C23H23BrCl2N2O4S. The monoisotopic (exact) mass is 572 g/mol. The lowest BCUT2D eigenvalue weighted by Crippen LogP contribution is -2.17. The lowest BCUT2D eigenvalue weighted by Gasteiger charge is -2.15. The van der Waals surface area contributed by atoms with Crippen molar-refractivity contribution < 1.29 is 17.9 Å². The molecule has 6 nitrogen and oxygen atoms in total. The van der Waals surface area contributed by atoms with E-state index >= 15 is 0 Å². The Labute approximate surface area is 212 Å². The highest BCUT2D eigenvalue weighted by molar-refractivity contribution is 9.10. The Bertz CT molecular complexity index is 1200. The van der Waals surface area contributed by atoms with Crippen LogP contribution in [0, 0.1) is 0 Å². The second kappa shape index (κ2) is 11.6. The molecule has 0 bridgehead atoms. The van der Waals surface area contributed by atoms with Crippen LogP contribution in [-0.2, 0) is 29.6 Å². The summed E-state index contributed by atoms with van der Waals surface area (Å²) in [4.78, 5) is 0.106. The fourth-order valence-corrected chi connectivity index (χ4v) is 4.59. The van der Waals surface area contributed by atoms with E-state index in [2.05, 4.69) is 21.2 Å². The summed E-state index contributed by atoms with van der Waals surface area (Å²) in [5.74, 6) is 1.16. The average molecular weight is 574 g/mol. The Morgan fingerprint density at radius 3 is 2.30 bits per heavy atom. The zero-order valence-electron chi connectivity index (χ0n) is 17.8. The summed E-state index contributed by atoms with van der Waals surface area (Å²) in [7, 11) is -2.09. The van der Waals surface area contributed by atoms with Crippen LogP contribution in [0.5, 0.6) is 11.5 Å². The number of hydrogen-bond acceptors (Lipinski definition) is 5. The Hall–Kier alpha value is -1.81. The minimum absolute atomic E-state index is 0.106. The van der Waals surface area contributed by atoms with E-state index in [1.165, 1.54) is 12.1 Å². The zero-order chi connectivity index (χ0) is 24.0. The molecule has 0 saturated carbocycles. The number of rotatable bonds is 10. The van der Waals surface area contributed by atoms with Crippen LogP contribution >= 0.6 is 39.1 Å². The lowest BCUT2D eigenvalue weighted by molar-refractivity contribution is 0.284. The normalized spacial score (nSPS) is 11.4. The van der Waals surface area contributed by atoms with Crippen LogP contribution in [0.3, 0.4) is 0 Å². The van der Waals surface area contributed by atoms with Crippen LogP contribution in [0.25, 0.3) is 0 Å². The molecule has 0 radical (unpaired) electrons. The molecule has 0 aromatic heterocycles. The van der Waals surface area contributed by atoms with Crippen molar-refractivity contribution in [3.8, 4) is 11.5 Å². The van der Waals surface area contributed by atoms with Gasteiger partial charge in [-0.3, -0.25) is 0 Å². The second-order valence-electron chi connectivity index (χ2n) is 7.20. The summed E-state index contributed by atoms with van der Waals surface area (Å²) >= 11 is 16.0. The van der Waals surface area contributed by atoms with Crippen LogP contribution in [0.15, 0.2) is 64.0 Å². The molecule has 0 aliphatic heterocycles. The minimum atomic E-state index is -3.68. The first-order chi connectivity index (χ1) is 15.7. The summed E-state index contributed by atoms with van der Waals surface area (Å²) < 4.78 is 35.0. The predicted octanol–water partition coefficient (Wildman–Crippen LogP) is 5.32. The molecular weight excluding hydrogens is 551 g/mol. The third kappa shape index (κ3) is 7.09. The number of methoxy groups -OCH3 is 1. The number of halogens is 3. The van der Waals surface area contributed by atoms with Crippen molar-refractivity contribution in [2.75, 3.05) is 13.7 Å². The van der Waals surface area contributed by atoms with Crippen molar-refractivity contribution in [3.63, 3.8) is 0 Å². The number of nitrogens with one attached hydrogen (secondary N) is 1. The maximum atomic E-state index is 11.3. The molecule has 33 heavy (non-hydrogen) atoms. The van der Waals surface area contributed by atoms with Crippen LogP contribution in [0.4, 0.5) is 0 Å². The van der Waals surface area contributed by atoms with Crippen LogP contribution in [0.2, 0.25) is 10.0 Å². The molecule has 0 atom stereocenters. The van der Waals surface area contributed by atoms with Gasteiger partial charge in [0.25, 0.3) is 0 Å². The molecule has 176 valence electrons. The molecule has 0 aliphatic carbocycles. The zero-order valence-corrected chi connectivity index (χ0v) is 21.7. The third-order valence-electron chi connectivity index (χ3n) is 4.92. The summed E-state index contributed by atoms with van der Waals surface area (Å²) in [6.45, 7) is 1.51. The fraction of sp³-hybridized carbons (Fsp3) is 0.217. The van der Waals surface area contributed by atoms with Gasteiger partial charge >= 0.3 is 0 Å². The van der Waals surface area contributed by atoms with E-state index in [1.54, 1.807) is 37.4 Å². The minimum Gasteiger partial charge on any atom is -0.493 e. The van der Waals surface area contributed by atoms with Gasteiger partial charge in [0.15, 0.2) is 11.5 Å². The van der Waals surface area contributed by atoms with E-state index in [-0.39, 0.29) is 11.5 Å². The van der Waals surface area contributed by atoms with E-state index in [0.29, 0.717) is 40.2 Å². The molecule has 0 heterocycles. The maximum absolute atomic E-state index is 11.3. The quantitative estimate of drug-likeness (QED) is 0.320. The van der Waals surface area contributed by atoms with E-state index in [4.69, 9.17) is 37.8 Å². The van der Waals surface area contributed by atoms with Crippen molar-refractivity contribution in [3.05, 3.63) is 85.8 Å². The Kier molecular flexibility index (Phi) is 9.03. The smallest absolute Gasteiger partial charge is 0.238 e. The highest BCUT2D eigenvalue weighted by Crippen LogP contribution is 2.35. The number of sulfonamides is 1. The topological polar surface area (TPSA) is 90.6 Å². The van der Waals surface area contributed by atoms with Crippen molar-refractivity contribution in [1.82, 2.24) is 5.32 Å². The summed E-state index contributed by atoms with van der Waals surface area (Å²) in [5.41, 5.74) is 2.72. The van der Waals surface area contributed by atoms with Gasteiger partial charge in [0.2, 0.25) is 10.0 Å². The summed E-state index contributed by atoms with van der Waals surface area (Å²) in [6.07, 6.45) is 0.736. The first-order valence-corrected chi connectivity index (χ1v) is 13.0. The van der Waals surface area contributed by atoms with Gasteiger partial charge in [-0.05, 0) is 60.5 Å². The van der Waals surface area contributed by atoms with Gasteiger partial charge in [-0.15, -0.1) is 0 Å². The van der Waals surface area contributed by atoms with Gasteiger partial charge in [0.05, 0.1) is 12.0 Å². The van der Waals surface area contributed by atoms with Crippen molar-refractivity contribution >= 4 is 49.2 Å². The Morgan fingerprint density at radius 2 is 1.70 bits per heavy atom. The molecule has 3 aromatic rings. The number of nitrogens with two attached hydrogens (primary N) is 1. The van der Waals surface area contributed by atoms with Gasteiger partial charge < -0.3 is 14.8 Å². The first kappa shape index (κ1) is 25.8. The van der Waals surface area contributed by atoms with E-state index in [0.717, 1.165) is 22.0 Å². The Morgan fingerprint density at radius 1 is 1.03 bits per heavy atom. The number of benzene rings is 3. The maximum Gasteiger partial charge on any atom is 0.238 e. The average Bonchev–Trinajstić information content (AvgIpc) is 2.77. The SMILES string of the molecule is COc1cc(CNCCc2ccc(S(N)(=O)=O)cc2)c(Br)cc1OCc1c(Cl)cccc1Cl. The Balaban J connectivity index is 1.59. The number of primary sulfonamides is 1. The fourth-order valence-electron chi connectivity index (χ4n) is 3.11. The summed E-state index contributed by atoms with van der Waals surface area (Å²) in [5, 5.41) is 9.59. The first-order valence-electron chi connectivity index (χ1n) is 9.93. The highest BCUT2D eigenvalue weighted by atomic mass is 79.9. The molecule has 0 amide bonds. The van der Waals surface area contributed by atoms with Gasteiger partial charge in [0, 0.05) is 26.6 Å². The van der Waals surface area contributed by atoms with Gasteiger partial charge in [-0.2, -0.15) is 0 Å². The van der Waals surface area contributed by atoms with Gasteiger partial charge in [-0.25, -0.2) is 13.6 Å². The van der Waals surface area contributed by atoms with Crippen LogP contribution in [0.1, 0.15) is 16.7 Å². The second-order valence-corrected chi connectivity index (χ2v) is 10.4. The van der Waals surface area contributed by atoms with Crippen LogP contribution in [-0.4, -0.2) is 22.1 Å². The molecule has 0 unspecified atom stereocenters. The van der Waals surface area contributed by atoms with Gasteiger partial charge in [0.1, 0.15) is 6.61 Å². The standard InChI is InChI=1S/C23H23BrCl2N2O4S/c1-31-22-11-16(13-28-10-9-15-5-7-17(8-6-15)33(27,29)30)19(24)12-23(22)32-14-18-20(25)3-2-4-21(18)26/h2-8,11-12,28H,9-10,13-14H2,1H3,(H2,27,29,30). The molecule has 0 saturated heterocycles. The number of hydrogen-bond donors (Lipinski definition) is 2. The van der Waals surface area contributed by atoms with E-state index in [9.17, 15) is 8.42 Å². The third-order valence-corrected chi connectivity index (χ3v) is 7.30. The molecule has 0 aliphatic rings. The van der Waals surface area contributed by atoms with Gasteiger partial charge in [-0.1, -0.05) is 57.3 Å².